The molecule has 0 saturated carbocycles. The van der Waals surface area contributed by atoms with Gasteiger partial charge in [-0.1, -0.05) is 0 Å². The topological polar surface area (TPSA) is 151 Å². The van der Waals surface area contributed by atoms with Gasteiger partial charge in [0.15, 0.2) is 6.23 Å². The number of anilines is 1. The van der Waals surface area contributed by atoms with E-state index in [-0.39, 0.29) is 19.8 Å². The number of phosphoric acid groups is 1. The summed E-state index contributed by atoms with van der Waals surface area (Å²) in [6.45, 7) is 1.69. The number of ether oxygens (including phenoxy) is 1. The molecular formula is C15H21N4O7P. The molecule has 0 radical (unpaired) electrons. The van der Waals surface area contributed by atoms with Crippen LogP contribution in [0.5, 0.6) is 0 Å². The molecule has 4 N–H and O–H groups in total. The maximum absolute atomic E-state index is 12.3. The number of fused-ring (bicyclic) bond motifs is 1. The summed E-state index contributed by atoms with van der Waals surface area (Å²) >= 11 is 0. The number of nitrogens with two attached hydrogens (primary N) is 1. The molecule has 2 saturated heterocycles. The van der Waals surface area contributed by atoms with E-state index in [1.165, 1.54) is 13.3 Å². The van der Waals surface area contributed by atoms with Crippen molar-refractivity contribution in [3.05, 3.63) is 18.6 Å². The van der Waals surface area contributed by atoms with Crippen LogP contribution in [0, 0.1) is 0 Å². The predicted molar refractivity (Wildman–Crippen MR) is 92.6 cm³/mol. The van der Waals surface area contributed by atoms with Crippen molar-refractivity contribution in [1.29, 1.82) is 0 Å². The minimum atomic E-state index is -3.68. The maximum Gasteiger partial charge on any atom is 0.474 e. The van der Waals surface area contributed by atoms with Crippen LogP contribution in [-0.2, 0) is 22.9 Å². The largest absolute Gasteiger partial charge is 0.474 e. The van der Waals surface area contributed by atoms with Crippen LogP contribution in [-0.4, -0.2) is 62.4 Å². The lowest BCUT2D eigenvalue weighted by Gasteiger charge is -2.27. The SMILES string of the molecule is C[C@@]1(O)[C@H](O)[C@@H](COP2(=O)OCCCO2)O[C@H]1n1ccc2c(N)ncnc21. The summed E-state index contributed by atoms with van der Waals surface area (Å²) in [5.41, 5.74) is 4.63. The van der Waals surface area contributed by atoms with E-state index in [0.717, 1.165) is 0 Å². The van der Waals surface area contributed by atoms with E-state index in [1.807, 2.05) is 0 Å². The number of nitrogens with zero attached hydrogens (tertiary/aromatic N) is 3. The van der Waals surface area contributed by atoms with Crippen molar-refractivity contribution in [2.75, 3.05) is 25.6 Å². The van der Waals surface area contributed by atoms with Crippen molar-refractivity contribution in [3.8, 4) is 0 Å². The zero-order valence-corrected chi connectivity index (χ0v) is 15.5. The van der Waals surface area contributed by atoms with Gasteiger partial charge in [0.2, 0.25) is 0 Å². The van der Waals surface area contributed by atoms with E-state index in [9.17, 15) is 14.8 Å². The maximum atomic E-state index is 12.3. The van der Waals surface area contributed by atoms with Gasteiger partial charge in [-0.3, -0.25) is 13.6 Å². The van der Waals surface area contributed by atoms with Gasteiger partial charge < -0.3 is 25.3 Å². The van der Waals surface area contributed by atoms with Crippen molar-refractivity contribution in [3.63, 3.8) is 0 Å². The molecular weight excluding hydrogens is 379 g/mol. The fourth-order valence-electron chi connectivity index (χ4n) is 3.25. The fraction of sp³-hybridized carbons (Fsp3) is 0.600. The van der Waals surface area contributed by atoms with Crippen molar-refractivity contribution in [2.45, 2.75) is 37.4 Å². The third kappa shape index (κ3) is 3.25. The Kier molecular flexibility index (Phi) is 4.71. The molecule has 2 aromatic heterocycles. The second kappa shape index (κ2) is 6.78. The lowest BCUT2D eigenvalue weighted by atomic mass is 9.96. The number of hydrogen-bond donors (Lipinski definition) is 3. The Labute approximate surface area is 154 Å². The van der Waals surface area contributed by atoms with Crippen LogP contribution in [0.25, 0.3) is 11.0 Å². The van der Waals surface area contributed by atoms with E-state index in [0.29, 0.717) is 23.3 Å². The molecule has 4 rings (SSSR count). The minimum Gasteiger partial charge on any atom is -0.387 e. The molecule has 2 aromatic rings. The Bertz CT molecular complexity index is 878. The smallest absolute Gasteiger partial charge is 0.387 e. The predicted octanol–water partition coefficient (Wildman–Crippen LogP) is 0.584. The number of phosphoric ester groups is 1. The Morgan fingerprint density at radius 3 is 2.93 bits per heavy atom. The monoisotopic (exact) mass is 400 g/mol. The number of nitrogen functional groups attached to an aromatic ring is 1. The minimum absolute atomic E-state index is 0.266. The zero-order valence-electron chi connectivity index (χ0n) is 14.6. The molecule has 4 heterocycles. The van der Waals surface area contributed by atoms with Crippen molar-refractivity contribution in [2.24, 2.45) is 0 Å². The van der Waals surface area contributed by atoms with Crippen molar-refractivity contribution >= 4 is 24.7 Å². The van der Waals surface area contributed by atoms with Crippen LogP contribution in [0.4, 0.5) is 5.82 Å². The van der Waals surface area contributed by atoms with Crippen LogP contribution >= 0.6 is 7.82 Å². The molecule has 2 fully saturated rings. The summed E-state index contributed by atoms with van der Waals surface area (Å²) in [6, 6.07) is 1.70. The van der Waals surface area contributed by atoms with Crippen LogP contribution in [0.1, 0.15) is 19.6 Å². The van der Waals surface area contributed by atoms with Gasteiger partial charge in [0.1, 0.15) is 35.6 Å². The molecule has 12 heteroatoms. The fourth-order valence-corrected chi connectivity index (χ4v) is 4.50. The van der Waals surface area contributed by atoms with Crippen LogP contribution in [0.3, 0.4) is 0 Å². The molecule has 148 valence electrons. The highest BCUT2D eigenvalue weighted by Gasteiger charge is 2.54. The highest BCUT2D eigenvalue weighted by atomic mass is 31.2. The number of aliphatic hydroxyl groups excluding tert-OH is 1. The average Bonchev–Trinajstić information content (AvgIpc) is 3.15. The van der Waals surface area contributed by atoms with Crippen molar-refractivity contribution < 1.29 is 33.1 Å². The Morgan fingerprint density at radius 1 is 1.44 bits per heavy atom. The van der Waals surface area contributed by atoms with Crippen LogP contribution in [0.2, 0.25) is 0 Å². The third-order valence-corrected chi connectivity index (χ3v) is 6.19. The molecule has 2 aliphatic heterocycles. The molecule has 0 spiro atoms. The normalized spacial score (nSPS) is 33.5. The number of aromatic nitrogens is 3. The summed E-state index contributed by atoms with van der Waals surface area (Å²) in [4.78, 5) is 8.10. The molecule has 0 amide bonds. The highest BCUT2D eigenvalue weighted by molar-refractivity contribution is 7.48. The van der Waals surface area contributed by atoms with Gasteiger partial charge in [-0.25, -0.2) is 14.5 Å². The Morgan fingerprint density at radius 2 is 2.19 bits per heavy atom. The standard InChI is InChI=1S/C15H21N4O7P/c1-15(21)11(20)10(7-25-27(22)23-5-2-6-24-27)26-14(15)19-4-3-9-12(16)17-8-18-13(9)19/h3-4,8,10-11,14,20-21H,2,5-7H2,1H3,(H2,16,17,18)/t10-,11-,14-,15-/m1/s1. The summed E-state index contributed by atoms with van der Waals surface area (Å²) in [7, 11) is -3.68. The van der Waals surface area contributed by atoms with Gasteiger partial charge in [0.05, 0.1) is 25.2 Å². The molecule has 4 atom stereocenters. The Balaban J connectivity index is 1.56. The quantitative estimate of drug-likeness (QED) is 0.622. The third-order valence-electron chi connectivity index (χ3n) is 4.73. The van der Waals surface area contributed by atoms with Crippen LogP contribution < -0.4 is 5.73 Å². The van der Waals surface area contributed by atoms with E-state index in [2.05, 4.69) is 9.97 Å². The second-order valence-electron chi connectivity index (χ2n) is 6.68. The van der Waals surface area contributed by atoms with Crippen LogP contribution in [0.15, 0.2) is 18.6 Å². The lowest BCUT2D eigenvalue weighted by Crippen LogP contribution is -2.44. The van der Waals surface area contributed by atoms with Gasteiger partial charge in [-0.15, -0.1) is 0 Å². The zero-order chi connectivity index (χ0) is 19.2. The van der Waals surface area contributed by atoms with E-state index in [4.69, 9.17) is 24.0 Å². The molecule has 0 aliphatic carbocycles. The van der Waals surface area contributed by atoms with E-state index >= 15 is 0 Å². The summed E-state index contributed by atoms with van der Waals surface area (Å²) in [6.07, 6.45) is 0.329. The van der Waals surface area contributed by atoms with E-state index < -0.39 is 31.9 Å². The number of aliphatic hydroxyl groups is 2. The average molecular weight is 400 g/mol. The van der Waals surface area contributed by atoms with Gasteiger partial charge in [-0.2, -0.15) is 0 Å². The molecule has 0 bridgehead atoms. The van der Waals surface area contributed by atoms with Gasteiger partial charge in [0, 0.05) is 6.20 Å². The van der Waals surface area contributed by atoms with Gasteiger partial charge in [0.25, 0.3) is 0 Å². The van der Waals surface area contributed by atoms with Gasteiger partial charge >= 0.3 is 7.82 Å². The highest BCUT2D eigenvalue weighted by Crippen LogP contribution is 2.52. The first-order valence-corrected chi connectivity index (χ1v) is 9.94. The van der Waals surface area contributed by atoms with Crippen molar-refractivity contribution in [1.82, 2.24) is 14.5 Å². The summed E-state index contributed by atoms with van der Waals surface area (Å²) in [5, 5.41) is 22.0. The first-order valence-electron chi connectivity index (χ1n) is 8.48. The molecule has 0 unspecified atom stereocenters. The van der Waals surface area contributed by atoms with Gasteiger partial charge in [-0.05, 0) is 19.4 Å². The summed E-state index contributed by atoms with van der Waals surface area (Å²) in [5.74, 6) is 0.293. The first-order chi connectivity index (χ1) is 12.8. The molecule has 11 nitrogen and oxygen atoms in total. The summed E-state index contributed by atoms with van der Waals surface area (Å²) < 4.78 is 35.0. The lowest BCUT2D eigenvalue weighted by molar-refractivity contribution is -0.0949. The Hall–Kier alpha value is -1.59. The number of hydrogen-bond acceptors (Lipinski definition) is 10. The molecule has 2 aliphatic rings. The van der Waals surface area contributed by atoms with E-state index in [1.54, 1.807) is 16.8 Å². The second-order valence-corrected chi connectivity index (χ2v) is 8.35. The molecule has 27 heavy (non-hydrogen) atoms. The molecule has 0 aromatic carbocycles. The number of rotatable bonds is 4. The first kappa shape index (κ1) is 18.8.